The van der Waals surface area contributed by atoms with E-state index in [1.165, 1.54) is 0 Å². The van der Waals surface area contributed by atoms with Crippen molar-refractivity contribution in [2.24, 2.45) is 0 Å². The molecule has 0 unspecified atom stereocenters. The van der Waals surface area contributed by atoms with Crippen LogP contribution in [0.1, 0.15) is 25.0 Å². The first-order chi connectivity index (χ1) is 11.0. The molecule has 0 fully saturated rings. The third-order valence-electron chi connectivity index (χ3n) is 3.32. The first-order valence-corrected chi connectivity index (χ1v) is 8.66. The minimum Gasteiger partial charge on any atom is -0.493 e. The van der Waals surface area contributed by atoms with E-state index in [-0.39, 0.29) is 6.10 Å². The van der Waals surface area contributed by atoms with E-state index in [2.05, 4.69) is 21.2 Å². The van der Waals surface area contributed by atoms with Crippen molar-refractivity contribution in [1.29, 1.82) is 0 Å². The number of methoxy groups -OCH3 is 1. The molecular weight excluding hydrogens is 378 g/mol. The van der Waals surface area contributed by atoms with Crippen molar-refractivity contribution in [2.45, 2.75) is 33.0 Å². The number of ether oxygens (including phenoxy) is 2. The highest BCUT2D eigenvalue weighted by Crippen LogP contribution is 2.37. The topological polar surface area (TPSA) is 30.5 Å². The molecule has 0 heterocycles. The highest BCUT2D eigenvalue weighted by Gasteiger charge is 2.15. The van der Waals surface area contributed by atoms with E-state index in [9.17, 15) is 0 Å². The van der Waals surface area contributed by atoms with Crippen LogP contribution in [0, 0.1) is 0 Å². The fraction of sp³-hybridized carbons (Fsp3) is 0.333. The molecule has 0 atom stereocenters. The summed E-state index contributed by atoms with van der Waals surface area (Å²) < 4.78 is 12.4. The van der Waals surface area contributed by atoms with Gasteiger partial charge in [0.15, 0.2) is 11.5 Å². The molecular formula is C18H21BrClNO2. The molecule has 1 N–H and O–H groups in total. The Morgan fingerprint density at radius 3 is 2.52 bits per heavy atom. The van der Waals surface area contributed by atoms with Gasteiger partial charge in [-0.05, 0) is 37.6 Å². The summed E-state index contributed by atoms with van der Waals surface area (Å²) in [5.74, 6) is 1.50. The molecule has 0 spiro atoms. The average Bonchev–Trinajstić information content (AvgIpc) is 2.51. The number of hydrogen-bond acceptors (Lipinski definition) is 3. The van der Waals surface area contributed by atoms with Crippen LogP contribution in [0.4, 0.5) is 0 Å². The molecule has 0 aromatic heterocycles. The van der Waals surface area contributed by atoms with E-state index >= 15 is 0 Å². The predicted molar refractivity (Wildman–Crippen MR) is 98.5 cm³/mol. The molecule has 5 heteroatoms. The van der Waals surface area contributed by atoms with Gasteiger partial charge in [-0.3, -0.25) is 0 Å². The standard InChI is InChI=1S/C18H21BrClNO2/c1-12(2)23-18-14(15(19)8-9-17(18)22-3)11-21-10-13-6-4-5-7-16(13)20/h4-9,12,21H,10-11H2,1-3H3. The average molecular weight is 399 g/mol. The summed E-state index contributed by atoms with van der Waals surface area (Å²) in [6.45, 7) is 5.33. The zero-order valence-electron chi connectivity index (χ0n) is 13.5. The third-order valence-corrected chi connectivity index (χ3v) is 4.43. The normalized spacial score (nSPS) is 10.9. The van der Waals surface area contributed by atoms with Crippen molar-refractivity contribution < 1.29 is 9.47 Å². The summed E-state index contributed by atoms with van der Waals surface area (Å²) in [5, 5.41) is 4.18. The van der Waals surface area contributed by atoms with Gasteiger partial charge in [-0.1, -0.05) is 45.7 Å². The molecule has 0 aliphatic carbocycles. The van der Waals surface area contributed by atoms with Gasteiger partial charge >= 0.3 is 0 Å². The van der Waals surface area contributed by atoms with E-state index in [1.54, 1.807) is 7.11 Å². The Labute approximate surface area is 151 Å². The van der Waals surface area contributed by atoms with Crippen LogP contribution in [-0.4, -0.2) is 13.2 Å². The fourth-order valence-corrected chi connectivity index (χ4v) is 2.89. The Bertz CT molecular complexity index is 661. The molecule has 124 valence electrons. The molecule has 2 aromatic rings. The molecule has 0 saturated heterocycles. The van der Waals surface area contributed by atoms with E-state index in [4.69, 9.17) is 21.1 Å². The van der Waals surface area contributed by atoms with Crippen LogP contribution >= 0.6 is 27.5 Å². The lowest BCUT2D eigenvalue weighted by Crippen LogP contribution is -2.16. The van der Waals surface area contributed by atoms with Crippen molar-refractivity contribution in [3.8, 4) is 11.5 Å². The van der Waals surface area contributed by atoms with Gasteiger partial charge in [0.1, 0.15) is 0 Å². The molecule has 3 nitrogen and oxygen atoms in total. The maximum Gasteiger partial charge on any atom is 0.167 e. The Kier molecular flexibility index (Phi) is 6.75. The summed E-state index contributed by atoms with van der Waals surface area (Å²) in [7, 11) is 1.65. The predicted octanol–water partition coefficient (Wildman–Crippen LogP) is 5.19. The maximum absolute atomic E-state index is 6.19. The quantitative estimate of drug-likeness (QED) is 0.696. The molecule has 0 aliphatic rings. The van der Waals surface area contributed by atoms with Crippen LogP contribution in [-0.2, 0) is 13.1 Å². The van der Waals surface area contributed by atoms with Crippen molar-refractivity contribution in [3.05, 3.63) is 57.0 Å². The molecule has 2 rings (SSSR count). The highest BCUT2D eigenvalue weighted by atomic mass is 79.9. The van der Waals surface area contributed by atoms with Crippen LogP contribution < -0.4 is 14.8 Å². The Balaban J connectivity index is 2.16. The van der Waals surface area contributed by atoms with E-state index < -0.39 is 0 Å². The van der Waals surface area contributed by atoms with E-state index in [1.807, 2.05) is 50.2 Å². The molecule has 0 radical (unpaired) electrons. The minimum atomic E-state index is 0.0699. The maximum atomic E-state index is 6.19. The van der Waals surface area contributed by atoms with Gasteiger partial charge in [0.05, 0.1) is 13.2 Å². The van der Waals surface area contributed by atoms with Gasteiger partial charge in [0.2, 0.25) is 0 Å². The smallest absolute Gasteiger partial charge is 0.167 e. The minimum absolute atomic E-state index is 0.0699. The molecule has 0 bridgehead atoms. The zero-order chi connectivity index (χ0) is 16.8. The highest BCUT2D eigenvalue weighted by molar-refractivity contribution is 9.10. The molecule has 23 heavy (non-hydrogen) atoms. The fourth-order valence-electron chi connectivity index (χ4n) is 2.24. The van der Waals surface area contributed by atoms with Gasteiger partial charge in [0.25, 0.3) is 0 Å². The second kappa shape index (κ2) is 8.57. The number of hydrogen-bond donors (Lipinski definition) is 1. The molecule has 0 aliphatic heterocycles. The first-order valence-electron chi connectivity index (χ1n) is 7.49. The van der Waals surface area contributed by atoms with Crippen molar-refractivity contribution >= 4 is 27.5 Å². The summed E-state index contributed by atoms with van der Waals surface area (Å²) >= 11 is 9.79. The van der Waals surface area contributed by atoms with Crippen LogP contribution in [0.15, 0.2) is 40.9 Å². The largest absolute Gasteiger partial charge is 0.493 e. The van der Waals surface area contributed by atoms with Crippen LogP contribution in [0.3, 0.4) is 0 Å². The molecule has 0 saturated carbocycles. The van der Waals surface area contributed by atoms with Gasteiger partial charge in [-0.2, -0.15) is 0 Å². The van der Waals surface area contributed by atoms with Crippen molar-refractivity contribution in [2.75, 3.05) is 7.11 Å². The zero-order valence-corrected chi connectivity index (χ0v) is 15.9. The SMILES string of the molecule is COc1ccc(Br)c(CNCc2ccccc2Cl)c1OC(C)C. The Hall–Kier alpha value is -1.23. The van der Waals surface area contributed by atoms with Crippen molar-refractivity contribution in [1.82, 2.24) is 5.32 Å². The lowest BCUT2D eigenvalue weighted by Gasteiger charge is -2.19. The van der Waals surface area contributed by atoms with Gasteiger partial charge in [-0.15, -0.1) is 0 Å². The summed E-state index contributed by atoms with van der Waals surface area (Å²) in [6, 6.07) is 11.7. The second-order valence-electron chi connectivity index (χ2n) is 5.42. The molecule has 0 amide bonds. The summed E-state index contributed by atoms with van der Waals surface area (Å²) in [5.41, 5.74) is 2.10. The van der Waals surface area contributed by atoms with Crippen LogP contribution in [0.25, 0.3) is 0 Å². The summed E-state index contributed by atoms with van der Waals surface area (Å²) in [6.07, 6.45) is 0.0699. The number of nitrogens with one attached hydrogen (secondary N) is 1. The van der Waals surface area contributed by atoms with E-state index in [0.29, 0.717) is 13.1 Å². The number of halogens is 2. The monoisotopic (exact) mass is 397 g/mol. The first kappa shape index (κ1) is 18.1. The summed E-state index contributed by atoms with van der Waals surface area (Å²) in [4.78, 5) is 0. The molecule has 2 aromatic carbocycles. The lowest BCUT2D eigenvalue weighted by atomic mass is 10.1. The third kappa shape index (κ3) is 4.87. The Morgan fingerprint density at radius 2 is 1.87 bits per heavy atom. The van der Waals surface area contributed by atoms with Gasteiger partial charge < -0.3 is 14.8 Å². The number of benzene rings is 2. The second-order valence-corrected chi connectivity index (χ2v) is 6.68. The number of rotatable bonds is 7. The van der Waals surface area contributed by atoms with E-state index in [0.717, 1.165) is 32.1 Å². The van der Waals surface area contributed by atoms with Crippen LogP contribution in [0.5, 0.6) is 11.5 Å². The van der Waals surface area contributed by atoms with Gasteiger partial charge in [0, 0.05) is 28.1 Å². The Morgan fingerprint density at radius 1 is 1.13 bits per heavy atom. The lowest BCUT2D eigenvalue weighted by molar-refractivity contribution is 0.227. The van der Waals surface area contributed by atoms with Crippen molar-refractivity contribution in [3.63, 3.8) is 0 Å². The van der Waals surface area contributed by atoms with Crippen LogP contribution in [0.2, 0.25) is 5.02 Å². The van der Waals surface area contributed by atoms with Gasteiger partial charge in [-0.25, -0.2) is 0 Å².